The normalized spacial score (nSPS) is 20.4. The van der Waals surface area contributed by atoms with E-state index in [1.807, 2.05) is 23.9 Å². The minimum absolute atomic E-state index is 0.182. The second-order valence-corrected chi connectivity index (χ2v) is 8.04. The van der Waals surface area contributed by atoms with Gasteiger partial charge in [-0.25, -0.2) is 14.4 Å². The molecule has 0 amide bonds. The lowest BCUT2D eigenvalue weighted by Crippen LogP contribution is -2.33. The zero-order valence-electron chi connectivity index (χ0n) is 14.8. The number of benzene rings is 1. The van der Waals surface area contributed by atoms with Crippen LogP contribution < -0.4 is 15.1 Å². The fourth-order valence-electron chi connectivity index (χ4n) is 3.54. The standard InChI is InChI=1S/C19H24FN5S/c20-16-1-3-17(4-2-16)25-6-5-15(13-25)12-21-18-11-19(23-14-22-18)24-7-9-26-10-8-24/h1-4,11,14-15H,5-10,12-13H2,(H,21,22,23). The van der Waals surface area contributed by atoms with E-state index in [0.29, 0.717) is 5.92 Å². The number of hydrogen-bond acceptors (Lipinski definition) is 6. The van der Waals surface area contributed by atoms with Gasteiger partial charge in [0.15, 0.2) is 0 Å². The van der Waals surface area contributed by atoms with Crippen LogP contribution in [0.3, 0.4) is 0 Å². The molecule has 2 aromatic rings. The molecule has 1 atom stereocenters. The molecule has 0 aliphatic carbocycles. The number of thioether (sulfide) groups is 1. The van der Waals surface area contributed by atoms with E-state index in [2.05, 4.69) is 31.2 Å². The van der Waals surface area contributed by atoms with Crippen molar-refractivity contribution in [1.29, 1.82) is 0 Å². The number of aromatic nitrogens is 2. The van der Waals surface area contributed by atoms with Crippen LogP contribution in [-0.4, -0.2) is 54.2 Å². The van der Waals surface area contributed by atoms with Crippen molar-refractivity contribution < 1.29 is 4.39 Å². The number of nitrogens with zero attached hydrogens (tertiary/aromatic N) is 4. The third kappa shape index (κ3) is 4.20. The molecule has 1 aromatic heterocycles. The molecule has 1 N–H and O–H groups in total. The molecule has 1 aromatic carbocycles. The molecule has 2 fully saturated rings. The van der Waals surface area contributed by atoms with Crippen LogP contribution in [0.1, 0.15) is 6.42 Å². The Hall–Kier alpha value is -2.02. The van der Waals surface area contributed by atoms with Crippen molar-refractivity contribution in [1.82, 2.24) is 9.97 Å². The van der Waals surface area contributed by atoms with Crippen LogP contribution in [0.25, 0.3) is 0 Å². The van der Waals surface area contributed by atoms with E-state index < -0.39 is 0 Å². The molecule has 0 saturated carbocycles. The summed E-state index contributed by atoms with van der Waals surface area (Å²) >= 11 is 2.00. The van der Waals surface area contributed by atoms with E-state index in [0.717, 1.165) is 68.0 Å². The van der Waals surface area contributed by atoms with Crippen LogP contribution in [-0.2, 0) is 0 Å². The van der Waals surface area contributed by atoms with Crippen LogP contribution in [0, 0.1) is 11.7 Å². The highest BCUT2D eigenvalue weighted by molar-refractivity contribution is 7.99. The van der Waals surface area contributed by atoms with Crippen molar-refractivity contribution in [2.45, 2.75) is 6.42 Å². The van der Waals surface area contributed by atoms with E-state index in [1.54, 1.807) is 6.33 Å². The fourth-order valence-corrected chi connectivity index (χ4v) is 4.45. The second kappa shape index (κ2) is 8.12. The van der Waals surface area contributed by atoms with E-state index in [9.17, 15) is 4.39 Å². The first kappa shape index (κ1) is 17.4. The summed E-state index contributed by atoms with van der Waals surface area (Å²) in [6.07, 6.45) is 2.78. The first-order chi connectivity index (χ1) is 12.8. The zero-order valence-corrected chi connectivity index (χ0v) is 15.6. The lowest BCUT2D eigenvalue weighted by Gasteiger charge is -2.27. The Labute approximate surface area is 158 Å². The molecule has 2 saturated heterocycles. The maximum Gasteiger partial charge on any atom is 0.134 e. The Morgan fingerprint density at radius 1 is 1.08 bits per heavy atom. The summed E-state index contributed by atoms with van der Waals surface area (Å²) in [6, 6.07) is 8.84. The Balaban J connectivity index is 1.31. The molecule has 0 spiro atoms. The monoisotopic (exact) mass is 373 g/mol. The zero-order chi connectivity index (χ0) is 17.8. The topological polar surface area (TPSA) is 44.3 Å². The number of hydrogen-bond donors (Lipinski definition) is 1. The first-order valence-corrected chi connectivity index (χ1v) is 10.3. The van der Waals surface area contributed by atoms with Gasteiger partial charge in [-0.05, 0) is 36.6 Å². The molecule has 0 bridgehead atoms. The Morgan fingerprint density at radius 3 is 2.69 bits per heavy atom. The van der Waals surface area contributed by atoms with Gasteiger partial charge in [0.1, 0.15) is 23.8 Å². The minimum Gasteiger partial charge on any atom is -0.371 e. The van der Waals surface area contributed by atoms with Gasteiger partial charge in [0.2, 0.25) is 0 Å². The lowest BCUT2D eigenvalue weighted by atomic mass is 10.1. The highest BCUT2D eigenvalue weighted by atomic mass is 32.2. The van der Waals surface area contributed by atoms with Gasteiger partial charge in [0.05, 0.1) is 0 Å². The summed E-state index contributed by atoms with van der Waals surface area (Å²) in [4.78, 5) is 13.5. The second-order valence-electron chi connectivity index (χ2n) is 6.82. The molecular weight excluding hydrogens is 349 g/mol. The molecule has 0 radical (unpaired) electrons. The van der Waals surface area contributed by atoms with Crippen LogP contribution in [0.4, 0.5) is 21.7 Å². The minimum atomic E-state index is -0.182. The fraction of sp³-hybridized carbons (Fsp3) is 0.474. The Bertz CT molecular complexity index is 720. The summed E-state index contributed by atoms with van der Waals surface area (Å²) in [6.45, 7) is 5.00. The van der Waals surface area contributed by atoms with Gasteiger partial charge in [-0.1, -0.05) is 0 Å². The van der Waals surface area contributed by atoms with E-state index in [1.165, 1.54) is 12.1 Å². The number of halogens is 1. The third-order valence-electron chi connectivity index (χ3n) is 5.04. The van der Waals surface area contributed by atoms with E-state index in [-0.39, 0.29) is 5.82 Å². The van der Waals surface area contributed by atoms with Crippen molar-refractivity contribution in [3.63, 3.8) is 0 Å². The van der Waals surface area contributed by atoms with Gasteiger partial charge in [-0.2, -0.15) is 11.8 Å². The number of rotatable bonds is 5. The Kier molecular flexibility index (Phi) is 5.43. The van der Waals surface area contributed by atoms with Crippen LogP contribution in [0.15, 0.2) is 36.7 Å². The predicted molar refractivity (Wildman–Crippen MR) is 107 cm³/mol. The average Bonchev–Trinajstić information content (AvgIpc) is 3.17. The van der Waals surface area contributed by atoms with E-state index in [4.69, 9.17) is 0 Å². The lowest BCUT2D eigenvalue weighted by molar-refractivity contribution is 0.620. The van der Waals surface area contributed by atoms with Gasteiger partial charge in [-0.15, -0.1) is 0 Å². The Morgan fingerprint density at radius 2 is 1.88 bits per heavy atom. The van der Waals surface area contributed by atoms with Crippen LogP contribution in [0.5, 0.6) is 0 Å². The first-order valence-electron chi connectivity index (χ1n) is 9.17. The van der Waals surface area contributed by atoms with Crippen molar-refractivity contribution in [2.75, 3.05) is 59.3 Å². The predicted octanol–water partition coefficient (Wildman–Crippen LogP) is 3.11. The number of anilines is 3. The average molecular weight is 374 g/mol. The molecule has 26 heavy (non-hydrogen) atoms. The molecule has 138 valence electrons. The highest BCUT2D eigenvalue weighted by Gasteiger charge is 2.23. The smallest absolute Gasteiger partial charge is 0.134 e. The molecule has 5 nitrogen and oxygen atoms in total. The highest BCUT2D eigenvalue weighted by Crippen LogP contribution is 2.25. The van der Waals surface area contributed by atoms with Gasteiger partial charge in [0, 0.05) is 56.0 Å². The number of nitrogens with one attached hydrogen (secondary N) is 1. The quantitative estimate of drug-likeness (QED) is 0.869. The molecule has 3 heterocycles. The van der Waals surface area contributed by atoms with Gasteiger partial charge in [-0.3, -0.25) is 0 Å². The van der Waals surface area contributed by atoms with E-state index >= 15 is 0 Å². The van der Waals surface area contributed by atoms with Crippen molar-refractivity contribution >= 4 is 29.1 Å². The molecule has 2 aliphatic heterocycles. The van der Waals surface area contributed by atoms with Crippen LogP contribution >= 0.6 is 11.8 Å². The van der Waals surface area contributed by atoms with Gasteiger partial charge in [0.25, 0.3) is 0 Å². The van der Waals surface area contributed by atoms with Gasteiger partial charge < -0.3 is 15.1 Å². The maximum absolute atomic E-state index is 13.1. The summed E-state index contributed by atoms with van der Waals surface area (Å²) in [5, 5.41) is 3.48. The molecular formula is C19H24FN5S. The molecule has 2 aliphatic rings. The largest absolute Gasteiger partial charge is 0.371 e. The molecule has 7 heteroatoms. The summed E-state index contributed by atoms with van der Waals surface area (Å²) in [5.74, 6) is 4.61. The summed E-state index contributed by atoms with van der Waals surface area (Å²) in [5.41, 5.74) is 1.10. The van der Waals surface area contributed by atoms with Crippen molar-refractivity contribution in [3.8, 4) is 0 Å². The van der Waals surface area contributed by atoms with Crippen molar-refractivity contribution in [3.05, 3.63) is 42.5 Å². The summed E-state index contributed by atoms with van der Waals surface area (Å²) in [7, 11) is 0. The summed E-state index contributed by atoms with van der Waals surface area (Å²) < 4.78 is 13.1. The SMILES string of the molecule is Fc1ccc(N2CCC(CNc3cc(N4CCSCC4)ncn3)C2)cc1. The van der Waals surface area contributed by atoms with Crippen LogP contribution in [0.2, 0.25) is 0 Å². The molecule has 1 unspecified atom stereocenters. The maximum atomic E-state index is 13.1. The van der Waals surface area contributed by atoms with Gasteiger partial charge >= 0.3 is 0 Å². The molecule has 4 rings (SSSR count). The van der Waals surface area contributed by atoms with Crippen molar-refractivity contribution in [2.24, 2.45) is 5.92 Å². The third-order valence-corrected chi connectivity index (χ3v) is 5.98.